The standard InChI is InChI=1S/C12H23NO4/c1-5-17-11(14)6-7-13(8-9-16-4)12(15)10(2)3/h10H,5-9H2,1-4H3. The van der Waals surface area contributed by atoms with Crippen LogP contribution in [0.5, 0.6) is 0 Å². The van der Waals surface area contributed by atoms with Crippen molar-refractivity contribution in [1.82, 2.24) is 4.90 Å². The van der Waals surface area contributed by atoms with Crippen molar-refractivity contribution in [3.8, 4) is 0 Å². The van der Waals surface area contributed by atoms with Crippen LogP contribution in [0, 0.1) is 5.92 Å². The summed E-state index contributed by atoms with van der Waals surface area (Å²) in [7, 11) is 1.59. The molecular formula is C12H23NO4. The predicted octanol–water partition coefficient (Wildman–Crippen LogP) is 1.07. The molecule has 100 valence electrons. The third kappa shape index (κ3) is 6.94. The van der Waals surface area contributed by atoms with Crippen molar-refractivity contribution in [3.05, 3.63) is 0 Å². The van der Waals surface area contributed by atoms with Crippen LogP contribution in [0.15, 0.2) is 0 Å². The number of hydrogen-bond donors (Lipinski definition) is 0. The summed E-state index contributed by atoms with van der Waals surface area (Å²) in [5, 5.41) is 0. The molecule has 0 aromatic carbocycles. The maximum Gasteiger partial charge on any atom is 0.307 e. The fraction of sp³-hybridized carbons (Fsp3) is 0.833. The highest BCUT2D eigenvalue weighted by Crippen LogP contribution is 2.03. The highest BCUT2D eigenvalue weighted by Gasteiger charge is 2.17. The Morgan fingerprint density at radius 1 is 1.24 bits per heavy atom. The van der Waals surface area contributed by atoms with E-state index in [-0.39, 0.29) is 24.2 Å². The molecule has 0 saturated carbocycles. The van der Waals surface area contributed by atoms with Crippen molar-refractivity contribution in [2.75, 3.05) is 33.4 Å². The highest BCUT2D eigenvalue weighted by molar-refractivity contribution is 5.79. The van der Waals surface area contributed by atoms with Crippen LogP contribution in [0.3, 0.4) is 0 Å². The minimum Gasteiger partial charge on any atom is -0.466 e. The number of carbonyl (C=O) groups is 2. The number of hydrogen-bond acceptors (Lipinski definition) is 4. The van der Waals surface area contributed by atoms with Gasteiger partial charge in [0.1, 0.15) is 0 Å². The Hall–Kier alpha value is -1.10. The molecule has 0 atom stereocenters. The minimum atomic E-state index is -0.272. The Bertz CT molecular complexity index is 241. The van der Waals surface area contributed by atoms with E-state index in [1.54, 1.807) is 18.9 Å². The second-order valence-corrected chi connectivity index (χ2v) is 4.03. The minimum absolute atomic E-state index is 0.0337. The fourth-order valence-electron chi connectivity index (χ4n) is 1.36. The quantitative estimate of drug-likeness (QED) is 0.600. The van der Waals surface area contributed by atoms with Crippen LogP contribution in [0.4, 0.5) is 0 Å². The zero-order valence-electron chi connectivity index (χ0n) is 11.2. The first-order chi connectivity index (χ1) is 8.02. The SMILES string of the molecule is CCOC(=O)CCN(CCOC)C(=O)C(C)C. The van der Waals surface area contributed by atoms with Gasteiger partial charge in [-0.25, -0.2) is 0 Å². The number of rotatable bonds is 8. The van der Waals surface area contributed by atoms with Gasteiger partial charge < -0.3 is 14.4 Å². The first kappa shape index (κ1) is 15.9. The molecule has 0 aromatic rings. The summed E-state index contributed by atoms with van der Waals surface area (Å²) in [5.41, 5.74) is 0. The summed E-state index contributed by atoms with van der Waals surface area (Å²) in [6.07, 6.45) is 0.232. The van der Waals surface area contributed by atoms with Gasteiger partial charge in [-0.05, 0) is 6.92 Å². The van der Waals surface area contributed by atoms with Crippen LogP contribution >= 0.6 is 0 Å². The van der Waals surface area contributed by atoms with Crippen LogP contribution in [0.25, 0.3) is 0 Å². The molecule has 5 nitrogen and oxygen atoms in total. The second-order valence-electron chi connectivity index (χ2n) is 4.03. The van der Waals surface area contributed by atoms with E-state index < -0.39 is 0 Å². The molecule has 0 aromatic heterocycles. The smallest absolute Gasteiger partial charge is 0.307 e. The largest absolute Gasteiger partial charge is 0.466 e. The fourth-order valence-corrected chi connectivity index (χ4v) is 1.36. The Morgan fingerprint density at radius 3 is 2.35 bits per heavy atom. The molecule has 0 saturated heterocycles. The number of ether oxygens (including phenoxy) is 2. The lowest BCUT2D eigenvalue weighted by Gasteiger charge is -2.23. The van der Waals surface area contributed by atoms with E-state index in [1.807, 2.05) is 13.8 Å². The molecule has 0 aliphatic heterocycles. The number of nitrogens with zero attached hydrogens (tertiary/aromatic N) is 1. The van der Waals surface area contributed by atoms with Crippen LogP contribution in [0.1, 0.15) is 27.2 Å². The molecular weight excluding hydrogens is 222 g/mol. The van der Waals surface area contributed by atoms with Gasteiger partial charge in [-0.1, -0.05) is 13.8 Å². The van der Waals surface area contributed by atoms with Gasteiger partial charge >= 0.3 is 5.97 Å². The molecule has 0 unspecified atom stereocenters. The maximum absolute atomic E-state index is 11.8. The molecule has 0 N–H and O–H groups in total. The number of amides is 1. The number of carbonyl (C=O) groups excluding carboxylic acids is 2. The summed E-state index contributed by atoms with van der Waals surface area (Å²) >= 11 is 0. The third-order valence-corrected chi connectivity index (χ3v) is 2.26. The maximum atomic E-state index is 11.8. The predicted molar refractivity (Wildman–Crippen MR) is 64.5 cm³/mol. The molecule has 0 bridgehead atoms. The Morgan fingerprint density at radius 2 is 1.88 bits per heavy atom. The lowest BCUT2D eigenvalue weighted by Crippen LogP contribution is -2.38. The van der Waals surface area contributed by atoms with Crippen LogP contribution < -0.4 is 0 Å². The Kier molecular flexibility index (Phi) is 8.40. The molecule has 0 radical (unpaired) electrons. The van der Waals surface area contributed by atoms with Crippen molar-refractivity contribution >= 4 is 11.9 Å². The van der Waals surface area contributed by atoms with Crippen LogP contribution in [-0.2, 0) is 19.1 Å². The van der Waals surface area contributed by atoms with E-state index in [0.717, 1.165) is 0 Å². The molecule has 17 heavy (non-hydrogen) atoms. The zero-order valence-corrected chi connectivity index (χ0v) is 11.2. The van der Waals surface area contributed by atoms with E-state index in [9.17, 15) is 9.59 Å². The van der Waals surface area contributed by atoms with Gasteiger partial charge in [0.05, 0.1) is 19.6 Å². The van der Waals surface area contributed by atoms with E-state index in [4.69, 9.17) is 9.47 Å². The average Bonchev–Trinajstić information content (AvgIpc) is 2.28. The van der Waals surface area contributed by atoms with E-state index in [0.29, 0.717) is 26.3 Å². The molecule has 0 heterocycles. The molecule has 0 rings (SSSR count). The van der Waals surface area contributed by atoms with Crippen LogP contribution in [-0.4, -0.2) is 50.2 Å². The third-order valence-electron chi connectivity index (χ3n) is 2.26. The molecule has 5 heteroatoms. The van der Waals surface area contributed by atoms with E-state index in [2.05, 4.69) is 0 Å². The highest BCUT2D eigenvalue weighted by atomic mass is 16.5. The van der Waals surface area contributed by atoms with Gasteiger partial charge in [0.15, 0.2) is 0 Å². The normalized spacial score (nSPS) is 10.4. The van der Waals surface area contributed by atoms with Gasteiger partial charge in [-0.15, -0.1) is 0 Å². The van der Waals surface area contributed by atoms with Crippen LogP contribution in [0.2, 0.25) is 0 Å². The van der Waals surface area contributed by atoms with Gasteiger partial charge in [0, 0.05) is 26.1 Å². The van der Waals surface area contributed by atoms with Gasteiger partial charge in [-0.3, -0.25) is 9.59 Å². The Balaban J connectivity index is 4.19. The Labute approximate surface area is 103 Å². The number of esters is 1. The summed E-state index contributed by atoms with van der Waals surface area (Å²) < 4.78 is 9.78. The van der Waals surface area contributed by atoms with Crippen molar-refractivity contribution in [2.24, 2.45) is 5.92 Å². The number of methoxy groups -OCH3 is 1. The van der Waals surface area contributed by atoms with Gasteiger partial charge in [-0.2, -0.15) is 0 Å². The lowest BCUT2D eigenvalue weighted by molar-refractivity contribution is -0.144. The molecule has 0 spiro atoms. The summed E-state index contributed by atoms with van der Waals surface area (Å²) in [6, 6.07) is 0. The second kappa shape index (κ2) is 8.98. The van der Waals surface area contributed by atoms with Crippen molar-refractivity contribution in [3.63, 3.8) is 0 Å². The lowest BCUT2D eigenvalue weighted by atomic mass is 10.2. The first-order valence-corrected chi connectivity index (χ1v) is 5.96. The molecule has 0 fully saturated rings. The van der Waals surface area contributed by atoms with Gasteiger partial charge in [0.2, 0.25) is 5.91 Å². The first-order valence-electron chi connectivity index (χ1n) is 5.96. The molecule has 1 amide bonds. The van der Waals surface area contributed by atoms with E-state index >= 15 is 0 Å². The van der Waals surface area contributed by atoms with Crippen molar-refractivity contribution in [1.29, 1.82) is 0 Å². The van der Waals surface area contributed by atoms with Gasteiger partial charge in [0.25, 0.3) is 0 Å². The summed E-state index contributed by atoms with van der Waals surface area (Å²) in [5.74, 6) is -0.313. The topological polar surface area (TPSA) is 55.8 Å². The molecule has 0 aliphatic rings. The van der Waals surface area contributed by atoms with Crippen molar-refractivity contribution in [2.45, 2.75) is 27.2 Å². The molecule has 0 aliphatic carbocycles. The summed E-state index contributed by atoms with van der Waals surface area (Å²) in [4.78, 5) is 24.7. The average molecular weight is 245 g/mol. The zero-order chi connectivity index (χ0) is 13.3. The van der Waals surface area contributed by atoms with E-state index in [1.165, 1.54) is 0 Å². The van der Waals surface area contributed by atoms with Crippen molar-refractivity contribution < 1.29 is 19.1 Å². The summed E-state index contributed by atoms with van der Waals surface area (Å²) in [6.45, 7) is 7.18. The monoisotopic (exact) mass is 245 g/mol.